The van der Waals surface area contributed by atoms with Gasteiger partial charge in [0.15, 0.2) is 5.78 Å². The fourth-order valence-corrected chi connectivity index (χ4v) is 2.24. The molecule has 1 aromatic carbocycles. The summed E-state index contributed by atoms with van der Waals surface area (Å²) in [6.45, 7) is 2.14. The highest BCUT2D eigenvalue weighted by molar-refractivity contribution is 5.99. The van der Waals surface area contributed by atoms with Crippen molar-refractivity contribution in [3.63, 3.8) is 0 Å². The Hall–Kier alpha value is -2.40. The Kier molecular flexibility index (Phi) is 5.49. The number of nitrogens with zero attached hydrogens (tertiary/aromatic N) is 1. The Morgan fingerprint density at radius 1 is 1.18 bits per heavy atom. The molecule has 0 fully saturated rings. The number of hydrogen-bond donors (Lipinski definition) is 2. The van der Waals surface area contributed by atoms with Gasteiger partial charge in [0.05, 0.1) is 6.61 Å². The molecule has 2 N–H and O–H groups in total. The van der Waals surface area contributed by atoms with Gasteiger partial charge in [0.25, 0.3) is 5.91 Å². The van der Waals surface area contributed by atoms with Crippen LogP contribution < -0.4 is 0 Å². The van der Waals surface area contributed by atoms with Gasteiger partial charge in [-0.15, -0.1) is 0 Å². The summed E-state index contributed by atoms with van der Waals surface area (Å²) >= 11 is 0. The predicted octanol–water partition coefficient (Wildman–Crippen LogP) is 1.89. The molecule has 0 aliphatic carbocycles. The summed E-state index contributed by atoms with van der Waals surface area (Å²) in [5, 5.41) is 9.16. The molecule has 0 bridgehead atoms. The molecule has 2 aromatic rings. The molecular weight excluding hydrogens is 280 g/mol. The molecule has 0 atom stereocenters. The summed E-state index contributed by atoms with van der Waals surface area (Å²) in [6, 6.07) is 11.4. The maximum absolute atomic E-state index is 12.5. The Labute approximate surface area is 129 Å². The van der Waals surface area contributed by atoms with Crippen molar-refractivity contribution in [3.8, 4) is 0 Å². The second kappa shape index (κ2) is 7.56. The van der Waals surface area contributed by atoms with Crippen LogP contribution in [0.3, 0.4) is 0 Å². The predicted molar refractivity (Wildman–Crippen MR) is 83.9 cm³/mol. The van der Waals surface area contributed by atoms with Crippen molar-refractivity contribution in [2.75, 3.05) is 19.7 Å². The Morgan fingerprint density at radius 2 is 1.91 bits per heavy atom. The first-order valence-electron chi connectivity index (χ1n) is 7.25. The zero-order valence-electron chi connectivity index (χ0n) is 12.6. The molecular formula is C17H20N2O3. The number of rotatable bonds is 7. The van der Waals surface area contributed by atoms with Gasteiger partial charge in [-0.25, -0.2) is 0 Å². The van der Waals surface area contributed by atoms with Crippen molar-refractivity contribution in [2.24, 2.45) is 0 Å². The number of Topliss-reactive ketones (excluding diaryl/α,β-unsaturated/α-hetero) is 1. The van der Waals surface area contributed by atoms with Crippen LogP contribution in [-0.4, -0.2) is 46.4 Å². The summed E-state index contributed by atoms with van der Waals surface area (Å²) in [4.78, 5) is 28.2. The van der Waals surface area contributed by atoms with Crippen LogP contribution >= 0.6 is 0 Å². The Bertz CT molecular complexity index is 634. The number of nitrogens with one attached hydrogen (secondary N) is 1. The van der Waals surface area contributed by atoms with Crippen LogP contribution in [0.1, 0.15) is 33.3 Å². The molecule has 0 saturated carbocycles. The molecule has 5 nitrogen and oxygen atoms in total. The normalized spacial score (nSPS) is 10.5. The maximum atomic E-state index is 12.5. The highest BCUT2D eigenvalue weighted by Gasteiger charge is 2.17. The van der Waals surface area contributed by atoms with Crippen LogP contribution in [0, 0.1) is 0 Å². The van der Waals surface area contributed by atoms with E-state index in [4.69, 9.17) is 5.11 Å². The summed E-state index contributed by atoms with van der Waals surface area (Å²) < 4.78 is 0. The first-order chi connectivity index (χ1) is 10.6. The second-order valence-corrected chi connectivity index (χ2v) is 5.11. The molecule has 2 rings (SSSR count). The van der Waals surface area contributed by atoms with E-state index < -0.39 is 0 Å². The zero-order valence-corrected chi connectivity index (χ0v) is 12.6. The molecule has 0 aliphatic rings. The standard InChI is InChI=1S/C17H20N2O3/c1-13(21)15-11-16(18-12-15)17(22)19(9-10-20)8-7-14-5-3-2-4-6-14/h2-6,11-12,18,20H,7-10H2,1H3. The maximum Gasteiger partial charge on any atom is 0.270 e. The van der Waals surface area contributed by atoms with Crippen molar-refractivity contribution in [1.29, 1.82) is 0 Å². The number of hydrogen-bond acceptors (Lipinski definition) is 3. The van der Waals surface area contributed by atoms with Gasteiger partial charge in [0.1, 0.15) is 5.69 Å². The number of carbonyl (C=O) groups is 2. The lowest BCUT2D eigenvalue weighted by atomic mass is 10.1. The van der Waals surface area contributed by atoms with E-state index >= 15 is 0 Å². The van der Waals surface area contributed by atoms with E-state index in [0.29, 0.717) is 24.2 Å². The smallest absolute Gasteiger partial charge is 0.270 e. The SMILES string of the molecule is CC(=O)c1c[nH]c(C(=O)N(CCO)CCc2ccccc2)c1. The second-order valence-electron chi connectivity index (χ2n) is 5.11. The van der Waals surface area contributed by atoms with E-state index in [1.807, 2.05) is 30.3 Å². The number of aliphatic hydroxyl groups excluding tert-OH is 1. The van der Waals surface area contributed by atoms with Gasteiger partial charge >= 0.3 is 0 Å². The van der Waals surface area contributed by atoms with Gasteiger partial charge in [-0.3, -0.25) is 9.59 Å². The van der Waals surface area contributed by atoms with Crippen LogP contribution in [0.5, 0.6) is 0 Å². The fourth-order valence-electron chi connectivity index (χ4n) is 2.24. The zero-order chi connectivity index (χ0) is 15.9. The third kappa shape index (κ3) is 4.05. The first kappa shape index (κ1) is 16.0. The molecule has 1 aromatic heterocycles. The van der Waals surface area contributed by atoms with Gasteiger partial charge in [-0.1, -0.05) is 30.3 Å². The Morgan fingerprint density at radius 3 is 2.50 bits per heavy atom. The number of aromatic amines is 1. The molecule has 0 aliphatic heterocycles. The lowest BCUT2D eigenvalue weighted by Crippen LogP contribution is -2.35. The average Bonchev–Trinajstić information content (AvgIpc) is 3.02. The molecule has 1 heterocycles. The quantitative estimate of drug-likeness (QED) is 0.767. The van der Waals surface area contributed by atoms with E-state index in [9.17, 15) is 9.59 Å². The van der Waals surface area contributed by atoms with E-state index in [0.717, 1.165) is 5.56 Å². The van der Waals surface area contributed by atoms with E-state index in [-0.39, 0.29) is 24.8 Å². The number of aromatic nitrogens is 1. The molecule has 5 heteroatoms. The third-order valence-electron chi connectivity index (χ3n) is 3.49. The van der Waals surface area contributed by atoms with Crippen LogP contribution in [0.4, 0.5) is 0 Å². The third-order valence-corrected chi connectivity index (χ3v) is 3.49. The monoisotopic (exact) mass is 300 g/mol. The molecule has 116 valence electrons. The highest BCUT2D eigenvalue weighted by atomic mass is 16.3. The van der Waals surface area contributed by atoms with Gasteiger partial charge < -0.3 is 15.0 Å². The van der Waals surface area contributed by atoms with Crippen LogP contribution in [0.25, 0.3) is 0 Å². The molecule has 0 radical (unpaired) electrons. The van der Waals surface area contributed by atoms with E-state index in [2.05, 4.69) is 4.98 Å². The van der Waals surface area contributed by atoms with Gasteiger partial charge in [-0.2, -0.15) is 0 Å². The number of carbonyl (C=O) groups excluding carboxylic acids is 2. The number of amides is 1. The van der Waals surface area contributed by atoms with Crippen molar-refractivity contribution in [2.45, 2.75) is 13.3 Å². The van der Waals surface area contributed by atoms with Gasteiger partial charge in [-0.05, 0) is 25.0 Å². The first-order valence-corrected chi connectivity index (χ1v) is 7.25. The topological polar surface area (TPSA) is 73.4 Å². The minimum atomic E-state index is -0.211. The minimum absolute atomic E-state index is 0.0895. The number of aliphatic hydroxyl groups is 1. The average molecular weight is 300 g/mol. The number of H-pyrrole nitrogens is 1. The molecule has 22 heavy (non-hydrogen) atoms. The lowest BCUT2D eigenvalue weighted by molar-refractivity contribution is 0.0719. The van der Waals surface area contributed by atoms with Gasteiger partial charge in [0.2, 0.25) is 0 Å². The highest BCUT2D eigenvalue weighted by Crippen LogP contribution is 2.09. The van der Waals surface area contributed by atoms with E-state index in [1.54, 1.807) is 11.0 Å². The van der Waals surface area contributed by atoms with E-state index in [1.165, 1.54) is 13.1 Å². The van der Waals surface area contributed by atoms with Crippen LogP contribution in [0.2, 0.25) is 0 Å². The van der Waals surface area contributed by atoms with Crippen molar-refractivity contribution in [1.82, 2.24) is 9.88 Å². The Balaban J connectivity index is 2.05. The summed E-state index contributed by atoms with van der Waals surface area (Å²) in [5.41, 5.74) is 1.98. The van der Waals surface area contributed by atoms with Crippen molar-refractivity contribution < 1.29 is 14.7 Å². The van der Waals surface area contributed by atoms with Gasteiger partial charge in [0, 0.05) is 24.8 Å². The van der Waals surface area contributed by atoms with Crippen LogP contribution in [0.15, 0.2) is 42.6 Å². The number of benzene rings is 1. The summed E-state index contributed by atoms with van der Waals surface area (Å²) in [7, 11) is 0. The summed E-state index contributed by atoms with van der Waals surface area (Å²) in [6.07, 6.45) is 2.25. The van der Waals surface area contributed by atoms with Crippen LogP contribution in [-0.2, 0) is 6.42 Å². The molecule has 0 saturated heterocycles. The molecule has 0 unspecified atom stereocenters. The molecule has 0 spiro atoms. The lowest BCUT2D eigenvalue weighted by Gasteiger charge is -2.21. The summed E-state index contributed by atoms with van der Waals surface area (Å²) in [5.74, 6) is -0.300. The van der Waals surface area contributed by atoms with Crippen molar-refractivity contribution >= 4 is 11.7 Å². The van der Waals surface area contributed by atoms with Crippen molar-refractivity contribution in [3.05, 3.63) is 59.4 Å². The minimum Gasteiger partial charge on any atom is -0.395 e. The largest absolute Gasteiger partial charge is 0.395 e. The number of ketones is 1. The molecule has 1 amide bonds. The fraction of sp³-hybridized carbons (Fsp3) is 0.294.